The zero-order valence-electron chi connectivity index (χ0n) is 11.1. The quantitative estimate of drug-likeness (QED) is 0.883. The van der Waals surface area contributed by atoms with Crippen LogP contribution >= 0.6 is 0 Å². The number of fused-ring (bicyclic) bond motifs is 1. The van der Waals surface area contributed by atoms with Crippen molar-refractivity contribution in [2.75, 3.05) is 5.32 Å². The van der Waals surface area contributed by atoms with Gasteiger partial charge in [0.05, 0.1) is 11.8 Å². The lowest BCUT2D eigenvalue weighted by Crippen LogP contribution is -2.25. The van der Waals surface area contributed by atoms with Crippen LogP contribution in [0.2, 0.25) is 0 Å². The van der Waals surface area contributed by atoms with E-state index in [1.54, 1.807) is 0 Å². The first-order valence-electron chi connectivity index (χ1n) is 6.76. The summed E-state index contributed by atoms with van der Waals surface area (Å²) in [5.74, 6) is 1.81. The van der Waals surface area contributed by atoms with Crippen molar-refractivity contribution in [1.82, 2.24) is 14.5 Å². The molecule has 2 aromatic rings. The number of anilines is 1. The van der Waals surface area contributed by atoms with Crippen LogP contribution < -0.4 is 5.32 Å². The maximum absolute atomic E-state index is 4.45. The highest BCUT2D eigenvalue weighted by atomic mass is 15.1. The molecule has 1 N–H and O–H groups in total. The summed E-state index contributed by atoms with van der Waals surface area (Å²) in [6, 6.07) is 2.57. The van der Waals surface area contributed by atoms with Crippen molar-refractivity contribution >= 4 is 16.9 Å². The summed E-state index contributed by atoms with van der Waals surface area (Å²) in [7, 11) is 2.02. The van der Waals surface area contributed by atoms with Crippen molar-refractivity contribution in [3.05, 3.63) is 18.6 Å². The van der Waals surface area contributed by atoms with Crippen molar-refractivity contribution in [3.8, 4) is 0 Å². The van der Waals surface area contributed by atoms with Crippen molar-refractivity contribution < 1.29 is 0 Å². The number of aryl methyl sites for hydroxylation is 1. The Hall–Kier alpha value is -1.58. The van der Waals surface area contributed by atoms with E-state index in [1.165, 1.54) is 25.7 Å². The summed E-state index contributed by atoms with van der Waals surface area (Å²) in [6.07, 6.45) is 8.82. The number of aromatic nitrogens is 3. The molecule has 0 atom stereocenters. The average Bonchev–Trinajstić information content (AvgIpc) is 2.76. The predicted octanol–water partition coefficient (Wildman–Crippen LogP) is 2.96. The summed E-state index contributed by atoms with van der Waals surface area (Å²) in [4.78, 5) is 8.88. The summed E-state index contributed by atoms with van der Waals surface area (Å²) >= 11 is 0. The second kappa shape index (κ2) is 4.59. The topological polar surface area (TPSA) is 42.7 Å². The van der Waals surface area contributed by atoms with Gasteiger partial charge in [0, 0.05) is 19.3 Å². The molecule has 0 spiro atoms. The number of nitrogens with zero attached hydrogens (tertiary/aromatic N) is 3. The molecule has 1 saturated carbocycles. The van der Waals surface area contributed by atoms with Crippen molar-refractivity contribution in [1.29, 1.82) is 0 Å². The van der Waals surface area contributed by atoms with Crippen LogP contribution in [0.1, 0.15) is 32.6 Å². The Kier molecular flexibility index (Phi) is 2.94. The molecule has 0 aliphatic heterocycles. The van der Waals surface area contributed by atoms with Gasteiger partial charge in [0.25, 0.3) is 0 Å². The van der Waals surface area contributed by atoms with Gasteiger partial charge in [-0.2, -0.15) is 0 Å². The lowest BCUT2D eigenvalue weighted by Gasteiger charge is -2.27. The number of nitrogens with one attached hydrogen (secondary N) is 1. The number of hydrogen-bond donors (Lipinski definition) is 1. The van der Waals surface area contributed by atoms with E-state index in [1.807, 2.05) is 30.2 Å². The van der Waals surface area contributed by atoms with Crippen LogP contribution in [0.4, 0.5) is 5.82 Å². The molecule has 3 rings (SSSR count). The molecule has 4 nitrogen and oxygen atoms in total. The minimum absolute atomic E-state index is 0.557. The summed E-state index contributed by atoms with van der Waals surface area (Å²) in [6.45, 7) is 2.34. The summed E-state index contributed by atoms with van der Waals surface area (Å²) < 4.78 is 2.03. The maximum Gasteiger partial charge on any atom is 0.154 e. The van der Waals surface area contributed by atoms with Gasteiger partial charge >= 0.3 is 0 Å². The number of rotatable bonds is 2. The molecule has 0 amide bonds. The van der Waals surface area contributed by atoms with Crippen LogP contribution in [0.15, 0.2) is 18.6 Å². The predicted molar refractivity (Wildman–Crippen MR) is 73.6 cm³/mol. The van der Waals surface area contributed by atoms with E-state index >= 15 is 0 Å². The fraction of sp³-hybridized carbons (Fsp3) is 0.571. The molecular formula is C14H20N4. The monoisotopic (exact) mass is 244 g/mol. The first-order valence-corrected chi connectivity index (χ1v) is 6.76. The van der Waals surface area contributed by atoms with E-state index in [0.29, 0.717) is 6.04 Å². The van der Waals surface area contributed by atoms with Crippen LogP contribution in [0.3, 0.4) is 0 Å². The Bertz CT molecular complexity index is 538. The third-order valence-electron chi connectivity index (χ3n) is 4.00. The Morgan fingerprint density at radius 1 is 1.22 bits per heavy atom. The molecule has 0 bridgehead atoms. The molecular weight excluding hydrogens is 224 g/mol. The summed E-state index contributed by atoms with van der Waals surface area (Å²) in [5, 5.41) is 3.57. The standard InChI is InChI=1S/C14H20N4/c1-10-3-5-11(6-4-10)17-14-13-12(7-8-15-14)18(2)9-16-13/h7-11H,3-6H2,1-2H3,(H,15,17). The Morgan fingerprint density at radius 3 is 2.78 bits per heavy atom. The fourth-order valence-electron chi connectivity index (χ4n) is 2.77. The van der Waals surface area contributed by atoms with Gasteiger partial charge in [0.1, 0.15) is 5.52 Å². The highest BCUT2D eigenvalue weighted by Crippen LogP contribution is 2.27. The number of imidazole rings is 1. The van der Waals surface area contributed by atoms with Crippen LogP contribution in [-0.4, -0.2) is 20.6 Å². The second-order valence-corrected chi connectivity index (χ2v) is 5.48. The SMILES string of the molecule is CC1CCC(Nc2nccc3c2ncn3C)CC1. The van der Waals surface area contributed by atoms with E-state index in [9.17, 15) is 0 Å². The van der Waals surface area contributed by atoms with E-state index < -0.39 is 0 Å². The van der Waals surface area contributed by atoms with Gasteiger partial charge in [-0.3, -0.25) is 0 Å². The zero-order valence-corrected chi connectivity index (χ0v) is 11.1. The molecule has 0 unspecified atom stereocenters. The molecule has 1 aliphatic rings. The third-order valence-corrected chi connectivity index (χ3v) is 4.00. The van der Waals surface area contributed by atoms with Crippen LogP contribution in [-0.2, 0) is 7.05 Å². The highest BCUT2D eigenvalue weighted by molar-refractivity contribution is 5.85. The Balaban J connectivity index is 1.82. The molecule has 0 saturated heterocycles. The maximum atomic E-state index is 4.45. The Labute approximate surface area is 107 Å². The van der Waals surface area contributed by atoms with Crippen LogP contribution in [0.25, 0.3) is 11.0 Å². The molecule has 2 aromatic heterocycles. The molecule has 0 radical (unpaired) electrons. The number of hydrogen-bond acceptors (Lipinski definition) is 3. The number of pyridine rings is 1. The second-order valence-electron chi connectivity index (χ2n) is 5.48. The van der Waals surface area contributed by atoms with Gasteiger partial charge in [-0.05, 0) is 37.7 Å². The first kappa shape index (κ1) is 11.5. The van der Waals surface area contributed by atoms with Gasteiger partial charge in [-0.25, -0.2) is 9.97 Å². The molecule has 4 heteroatoms. The third kappa shape index (κ3) is 2.07. The van der Waals surface area contributed by atoms with Crippen LogP contribution in [0, 0.1) is 5.92 Å². The minimum Gasteiger partial charge on any atom is -0.365 e. The van der Waals surface area contributed by atoms with E-state index in [0.717, 1.165) is 22.8 Å². The van der Waals surface area contributed by atoms with Crippen molar-refractivity contribution in [2.24, 2.45) is 13.0 Å². The van der Waals surface area contributed by atoms with E-state index in [2.05, 4.69) is 22.2 Å². The molecule has 1 fully saturated rings. The fourth-order valence-corrected chi connectivity index (χ4v) is 2.77. The molecule has 0 aromatic carbocycles. The molecule has 96 valence electrons. The smallest absolute Gasteiger partial charge is 0.154 e. The Morgan fingerprint density at radius 2 is 2.00 bits per heavy atom. The van der Waals surface area contributed by atoms with Gasteiger partial charge in [0.15, 0.2) is 5.82 Å². The van der Waals surface area contributed by atoms with Crippen molar-refractivity contribution in [2.45, 2.75) is 38.6 Å². The van der Waals surface area contributed by atoms with Gasteiger partial charge < -0.3 is 9.88 Å². The largest absolute Gasteiger partial charge is 0.365 e. The normalized spacial score (nSPS) is 24.3. The van der Waals surface area contributed by atoms with Gasteiger partial charge in [-0.15, -0.1) is 0 Å². The zero-order chi connectivity index (χ0) is 12.5. The van der Waals surface area contributed by atoms with Crippen molar-refractivity contribution in [3.63, 3.8) is 0 Å². The highest BCUT2D eigenvalue weighted by Gasteiger charge is 2.19. The van der Waals surface area contributed by atoms with Crippen LogP contribution in [0.5, 0.6) is 0 Å². The lowest BCUT2D eigenvalue weighted by atomic mass is 9.87. The molecule has 2 heterocycles. The minimum atomic E-state index is 0.557. The first-order chi connectivity index (χ1) is 8.74. The van der Waals surface area contributed by atoms with Gasteiger partial charge in [-0.1, -0.05) is 6.92 Å². The van der Waals surface area contributed by atoms with E-state index in [-0.39, 0.29) is 0 Å². The average molecular weight is 244 g/mol. The van der Waals surface area contributed by atoms with E-state index in [4.69, 9.17) is 0 Å². The summed E-state index contributed by atoms with van der Waals surface area (Å²) in [5.41, 5.74) is 2.12. The van der Waals surface area contributed by atoms with Gasteiger partial charge in [0.2, 0.25) is 0 Å². The molecule has 18 heavy (non-hydrogen) atoms. The molecule has 1 aliphatic carbocycles. The lowest BCUT2D eigenvalue weighted by molar-refractivity contribution is 0.361.